The predicted octanol–water partition coefficient (Wildman–Crippen LogP) is 8.38. The second kappa shape index (κ2) is 15.7. The molecular weight excluding hydrogens is 382 g/mol. The topological polar surface area (TPSA) is 26.0 Å². The summed E-state index contributed by atoms with van der Waals surface area (Å²) in [6.07, 6.45) is 10.5. The number of nitrogens with two attached hydrogens (primary N) is 1. The molecule has 2 heteroatoms. The minimum absolute atomic E-state index is 0.799. The van der Waals surface area contributed by atoms with Gasteiger partial charge in [0, 0.05) is 10.2 Å². The molecule has 0 amide bonds. The van der Waals surface area contributed by atoms with E-state index in [0.29, 0.717) is 0 Å². The molecule has 0 radical (unpaired) electrons. The van der Waals surface area contributed by atoms with Crippen molar-refractivity contribution in [2.45, 2.75) is 66.7 Å². The van der Waals surface area contributed by atoms with E-state index in [1.807, 2.05) is 38.1 Å². The van der Waals surface area contributed by atoms with Crippen molar-refractivity contribution in [2.75, 3.05) is 5.73 Å². The van der Waals surface area contributed by atoms with E-state index in [4.69, 9.17) is 5.73 Å². The van der Waals surface area contributed by atoms with E-state index in [2.05, 4.69) is 67.1 Å². The van der Waals surface area contributed by atoms with Crippen LogP contribution in [0.4, 0.5) is 5.69 Å². The van der Waals surface area contributed by atoms with Gasteiger partial charge in [-0.05, 0) is 53.8 Å². The number of hydrogen-bond acceptors (Lipinski definition) is 1. The van der Waals surface area contributed by atoms with Crippen LogP contribution in [0.5, 0.6) is 0 Å². The lowest BCUT2D eigenvalue weighted by atomic mass is 10.0. The maximum Gasteiger partial charge on any atom is 0.0314 e. The standard InChI is InChI=1S/C19H22BrN.C3H8.C2H6/c1-2-3-4-5-16-12-17(14-18(20)13-16)7-6-15-8-10-19(21)11-9-15;1-3-2;1-2/h6-14H,2-5,21H2,1H3;3H2,1-2H3;1-2H3/b7-6+;;. The summed E-state index contributed by atoms with van der Waals surface area (Å²) >= 11 is 3.61. The number of halogens is 1. The molecule has 26 heavy (non-hydrogen) atoms. The first-order valence-electron chi connectivity index (χ1n) is 9.92. The third kappa shape index (κ3) is 11.1. The third-order valence-electron chi connectivity index (χ3n) is 3.45. The zero-order valence-corrected chi connectivity index (χ0v) is 18.8. The molecule has 0 aliphatic rings. The van der Waals surface area contributed by atoms with Gasteiger partial charge in [0.25, 0.3) is 0 Å². The van der Waals surface area contributed by atoms with Gasteiger partial charge in [-0.2, -0.15) is 0 Å². The van der Waals surface area contributed by atoms with Crippen molar-refractivity contribution < 1.29 is 0 Å². The first-order chi connectivity index (χ1) is 12.6. The van der Waals surface area contributed by atoms with Crippen LogP contribution < -0.4 is 5.73 Å². The van der Waals surface area contributed by atoms with E-state index in [1.54, 1.807) is 0 Å². The van der Waals surface area contributed by atoms with E-state index in [9.17, 15) is 0 Å². The molecule has 0 aliphatic heterocycles. The Bertz CT molecular complexity index is 615. The van der Waals surface area contributed by atoms with Crippen molar-refractivity contribution in [3.05, 3.63) is 63.6 Å². The van der Waals surface area contributed by atoms with Gasteiger partial charge in [-0.25, -0.2) is 0 Å². The van der Waals surface area contributed by atoms with Gasteiger partial charge in [-0.15, -0.1) is 0 Å². The average Bonchev–Trinajstić information content (AvgIpc) is 2.63. The quantitative estimate of drug-likeness (QED) is 0.285. The largest absolute Gasteiger partial charge is 0.399 e. The summed E-state index contributed by atoms with van der Waals surface area (Å²) in [5, 5.41) is 0. The number of anilines is 1. The van der Waals surface area contributed by atoms with Gasteiger partial charge in [0.15, 0.2) is 0 Å². The fourth-order valence-corrected chi connectivity index (χ4v) is 2.85. The summed E-state index contributed by atoms with van der Waals surface area (Å²) in [5.74, 6) is 0. The fraction of sp³-hybridized carbons (Fsp3) is 0.417. The van der Waals surface area contributed by atoms with Gasteiger partial charge in [-0.1, -0.05) is 100 Å². The van der Waals surface area contributed by atoms with Gasteiger partial charge in [-0.3, -0.25) is 0 Å². The Morgan fingerprint density at radius 1 is 0.846 bits per heavy atom. The van der Waals surface area contributed by atoms with Gasteiger partial charge in [0.05, 0.1) is 0 Å². The van der Waals surface area contributed by atoms with Gasteiger partial charge in [0.1, 0.15) is 0 Å². The monoisotopic (exact) mass is 417 g/mol. The smallest absolute Gasteiger partial charge is 0.0314 e. The lowest BCUT2D eigenvalue weighted by Crippen LogP contribution is -1.87. The third-order valence-corrected chi connectivity index (χ3v) is 3.91. The van der Waals surface area contributed by atoms with Crippen molar-refractivity contribution in [1.29, 1.82) is 0 Å². The average molecular weight is 418 g/mol. The molecule has 0 aliphatic carbocycles. The molecule has 0 fully saturated rings. The summed E-state index contributed by atoms with van der Waals surface area (Å²) in [6.45, 7) is 10.5. The fourth-order valence-electron chi connectivity index (χ4n) is 2.29. The minimum atomic E-state index is 0.799. The van der Waals surface area contributed by atoms with E-state index in [-0.39, 0.29) is 0 Å². The molecule has 2 aromatic carbocycles. The molecule has 0 atom stereocenters. The van der Waals surface area contributed by atoms with Crippen molar-refractivity contribution in [2.24, 2.45) is 0 Å². The van der Waals surface area contributed by atoms with Crippen LogP contribution >= 0.6 is 15.9 Å². The Kier molecular flexibility index (Phi) is 14.8. The van der Waals surface area contributed by atoms with Crippen molar-refractivity contribution >= 4 is 33.8 Å². The predicted molar refractivity (Wildman–Crippen MR) is 124 cm³/mol. The van der Waals surface area contributed by atoms with Crippen LogP contribution in [0.1, 0.15) is 77.0 Å². The second-order valence-corrected chi connectivity index (χ2v) is 6.97. The Hall–Kier alpha value is -1.54. The molecule has 0 saturated heterocycles. The number of nitrogen functional groups attached to an aromatic ring is 1. The van der Waals surface area contributed by atoms with E-state index in [1.165, 1.54) is 36.8 Å². The minimum Gasteiger partial charge on any atom is -0.399 e. The second-order valence-electron chi connectivity index (χ2n) is 6.06. The summed E-state index contributed by atoms with van der Waals surface area (Å²) in [7, 11) is 0. The highest BCUT2D eigenvalue weighted by molar-refractivity contribution is 9.10. The maximum atomic E-state index is 5.70. The van der Waals surface area contributed by atoms with E-state index >= 15 is 0 Å². The SMILES string of the molecule is CC.CCC.CCCCCc1cc(Br)cc(/C=C/c2ccc(N)cc2)c1. The number of aryl methyl sites for hydroxylation is 1. The molecule has 2 N–H and O–H groups in total. The zero-order valence-electron chi connectivity index (χ0n) is 17.2. The Morgan fingerprint density at radius 3 is 2.00 bits per heavy atom. The number of unbranched alkanes of at least 4 members (excludes halogenated alkanes) is 2. The zero-order chi connectivity index (χ0) is 19.8. The van der Waals surface area contributed by atoms with Crippen LogP contribution in [0.2, 0.25) is 0 Å². The molecule has 1 nitrogen and oxygen atoms in total. The molecule has 0 spiro atoms. The number of hydrogen-bond donors (Lipinski definition) is 1. The van der Waals surface area contributed by atoms with Crippen LogP contribution in [0.3, 0.4) is 0 Å². The Labute approximate surface area is 169 Å². The Morgan fingerprint density at radius 2 is 1.42 bits per heavy atom. The van der Waals surface area contributed by atoms with Crippen LogP contribution in [0.25, 0.3) is 12.2 Å². The first kappa shape index (κ1) is 24.5. The summed E-state index contributed by atoms with van der Waals surface area (Å²) < 4.78 is 1.15. The van der Waals surface area contributed by atoms with E-state index < -0.39 is 0 Å². The highest BCUT2D eigenvalue weighted by atomic mass is 79.9. The maximum absolute atomic E-state index is 5.70. The summed E-state index contributed by atoms with van der Waals surface area (Å²) in [5.41, 5.74) is 10.3. The molecule has 0 aromatic heterocycles. The first-order valence-corrected chi connectivity index (χ1v) is 10.7. The van der Waals surface area contributed by atoms with Crippen LogP contribution in [-0.2, 0) is 6.42 Å². The van der Waals surface area contributed by atoms with Crippen molar-refractivity contribution in [3.8, 4) is 0 Å². The normalized spacial score (nSPS) is 9.92. The van der Waals surface area contributed by atoms with Gasteiger partial charge >= 0.3 is 0 Å². The number of rotatable bonds is 6. The molecule has 0 saturated carbocycles. The van der Waals surface area contributed by atoms with Crippen LogP contribution in [0.15, 0.2) is 46.9 Å². The molecule has 144 valence electrons. The molecular formula is C24H36BrN. The van der Waals surface area contributed by atoms with Crippen LogP contribution in [0, 0.1) is 0 Å². The highest BCUT2D eigenvalue weighted by Crippen LogP contribution is 2.20. The Balaban J connectivity index is 0.00000113. The van der Waals surface area contributed by atoms with Gasteiger partial charge in [0.2, 0.25) is 0 Å². The summed E-state index contributed by atoms with van der Waals surface area (Å²) in [6, 6.07) is 14.6. The van der Waals surface area contributed by atoms with Crippen molar-refractivity contribution in [3.63, 3.8) is 0 Å². The lowest BCUT2D eigenvalue weighted by molar-refractivity contribution is 0.717. The van der Waals surface area contributed by atoms with Crippen molar-refractivity contribution in [1.82, 2.24) is 0 Å². The van der Waals surface area contributed by atoms with Gasteiger partial charge < -0.3 is 5.73 Å². The summed E-state index contributed by atoms with van der Waals surface area (Å²) in [4.78, 5) is 0. The molecule has 0 unspecified atom stereocenters. The molecule has 2 rings (SSSR count). The lowest BCUT2D eigenvalue weighted by Gasteiger charge is -2.04. The van der Waals surface area contributed by atoms with E-state index in [0.717, 1.165) is 22.1 Å². The molecule has 0 heterocycles. The highest BCUT2D eigenvalue weighted by Gasteiger charge is 1.98. The molecule has 0 bridgehead atoms. The molecule has 2 aromatic rings. The number of benzene rings is 2. The van der Waals surface area contributed by atoms with Crippen LogP contribution in [-0.4, -0.2) is 0 Å².